The van der Waals surface area contributed by atoms with Gasteiger partial charge in [-0.25, -0.2) is 4.68 Å². The van der Waals surface area contributed by atoms with Gasteiger partial charge >= 0.3 is 5.97 Å². The SMILES string of the molecule is CC1(Cn2nnnc2SCC(=O)O)CCOCC1. The van der Waals surface area contributed by atoms with Crippen LogP contribution in [0.25, 0.3) is 0 Å². The van der Waals surface area contributed by atoms with Crippen molar-refractivity contribution in [3.05, 3.63) is 0 Å². The summed E-state index contributed by atoms with van der Waals surface area (Å²) in [6, 6.07) is 0. The highest BCUT2D eigenvalue weighted by Gasteiger charge is 2.29. The number of aliphatic carboxylic acids is 1. The van der Waals surface area contributed by atoms with E-state index in [1.807, 2.05) is 0 Å². The summed E-state index contributed by atoms with van der Waals surface area (Å²) in [7, 11) is 0. The number of carboxylic acids is 1. The van der Waals surface area contributed by atoms with E-state index in [1.54, 1.807) is 4.68 Å². The van der Waals surface area contributed by atoms with Crippen LogP contribution in [0, 0.1) is 5.41 Å². The van der Waals surface area contributed by atoms with Crippen LogP contribution in [-0.2, 0) is 16.1 Å². The van der Waals surface area contributed by atoms with Crippen molar-refractivity contribution in [2.24, 2.45) is 5.41 Å². The van der Waals surface area contributed by atoms with Crippen LogP contribution in [0.2, 0.25) is 0 Å². The summed E-state index contributed by atoms with van der Waals surface area (Å²) in [6.45, 7) is 4.40. The standard InChI is InChI=1S/C10H16N4O3S/c1-10(2-4-17-5-3-10)7-14-9(11-12-13-14)18-6-8(15)16/h2-7H2,1H3,(H,15,16). The molecule has 1 aliphatic rings. The summed E-state index contributed by atoms with van der Waals surface area (Å²) in [5.74, 6) is -0.896. The Balaban J connectivity index is 2.00. The lowest BCUT2D eigenvalue weighted by molar-refractivity contribution is -0.133. The van der Waals surface area contributed by atoms with Gasteiger partial charge in [-0.15, -0.1) is 5.10 Å². The number of thioether (sulfide) groups is 1. The number of ether oxygens (including phenoxy) is 1. The van der Waals surface area contributed by atoms with Gasteiger partial charge in [0.2, 0.25) is 5.16 Å². The summed E-state index contributed by atoms with van der Waals surface area (Å²) in [5.41, 5.74) is 0.117. The third kappa shape index (κ3) is 3.42. The summed E-state index contributed by atoms with van der Waals surface area (Å²) in [4.78, 5) is 10.5. The fraction of sp³-hybridized carbons (Fsp3) is 0.800. The van der Waals surface area contributed by atoms with E-state index in [4.69, 9.17) is 9.84 Å². The van der Waals surface area contributed by atoms with Crippen molar-refractivity contribution in [3.8, 4) is 0 Å². The molecule has 1 fully saturated rings. The maximum Gasteiger partial charge on any atom is 0.313 e. The minimum atomic E-state index is -0.869. The van der Waals surface area contributed by atoms with Crippen LogP contribution in [0.15, 0.2) is 5.16 Å². The van der Waals surface area contributed by atoms with Gasteiger partial charge in [-0.2, -0.15) is 0 Å². The maximum atomic E-state index is 10.5. The summed E-state index contributed by atoms with van der Waals surface area (Å²) < 4.78 is 7.04. The Kier molecular flexibility index (Phi) is 4.18. The van der Waals surface area contributed by atoms with Gasteiger partial charge in [-0.1, -0.05) is 18.7 Å². The minimum Gasteiger partial charge on any atom is -0.481 e. The van der Waals surface area contributed by atoms with Crippen molar-refractivity contribution in [2.75, 3.05) is 19.0 Å². The molecule has 7 nitrogen and oxygen atoms in total. The quantitative estimate of drug-likeness (QED) is 0.788. The molecule has 0 atom stereocenters. The van der Waals surface area contributed by atoms with Crippen LogP contribution in [0.1, 0.15) is 19.8 Å². The normalized spacial score (nSPS) is 18.7. The molecule has 0 unspecified atom stereocenters. The number of rotatable bonds is 5. The third-order valence-corrected chi connectivity index (χ3v) is 4.00. The largest absolute Gasteiger partial charge is 0.481 e. The van der Waals surface area contributed by atoms with Gasteiger partial charge in [0.25, 0.3) is 0 Å². The van der Waals surface area contributed by atoms with Gasteiger partial charge < -0.3 is 9.84 Å². The zero-order valence-electron chi connectivity index (χ0n) is 10.2. The molecule has 1 N–H and O–H groups in total. The number of tetrazole rings is 1. The number of hydrogen-bond donors (Lipinski definition) is 1. The predicted octanol–water partition coefficient (Wildman–Crippen LogP) is 0.666. The Bertz CT molecular complexity index is 417. The number of hydrogen-bond acceptors (Lipinski definition) is 6. The molecule has 0 spiro atoms. The van der Waals surface area contributed by atoms with Crippen molar-refractivity contribution >= 4 is 17.7 Å². The van der Waals surface area contributed by atoms with Crippen LogP contribution in [0.3, 0.4) is 0 Å². The number of carboxylic acid groups (broad SMARTS) is 1. The first-order valence-electron chi connectivity index (χ1n) is 5.78. The third-order valence-electron chi connectivity index (χ3n) is 3.06. The summed E-state index contributed by atoms with van der Waals surface area (Å²) >= 11 is 1.15. The second-order valence-corrected chi connectivity index (χ2v) is 5.67. The van der Waals surface area contributed by atoms with E-state index in [0.29, 0.717) is 11.7 Å². The van der Waals surface area contributed by atoms with Crippen LogP contribution in [-0.4, -0.2) is 50.2 Å². The molecule has 1 aromatic rings. The Morgan fingerprint density at radius 3 is 2.94 bits per heavy atom. The first kappa shape index (κ1) is 13.3. The van der Waals surface area contributed by atoms with Crippen molar-refractivity contribution < 1.29 is 14.6 Å². The lowest BCUT2D eigenvalue weighted by Gasteiger charge is -2.33. The highest BCUT2D eigenvalue weighted by molar-refractivity contribution is 7.99. The maximum absolute atomic E-state index is 10.5. The average molecular weight is 272 g/mol. The van der Waals surface area contributed by atoms with Crippen molar-refractivity contribution in [2.45, 2.75) is 31.5 Å². The van der Waals surface area contributed by atoms with E-state index in [1.165, 1.54) is 0 Å². The highest BCUT2D eigenvalue weighted by Crippen LogP contribution is 2.32. The molecule has 1 aromatic heterocycles. The van der Waals surface area contributed by atoms with E-state index >= 15 is 0 Å². The lowest BCUT2D eigenvalue weighted by atomic mass is 9.82. The van der Waals surface area contributed by atoms with Crippen molar-refractivity contribution in [3.63, 3.8) is 0 Å². The molecule has 18 heavy (non-hydrogen) atoms. The van der Waals surface area contributed by atoms with E-state index in [0.717, 1.165) is 37.8 Å². The fourth-order valence-corrected chi connectivity index (χ4v) is 2.51. The van der Waals surface area contributed by atoms with Gasteiger partial charge in [0.05, 0.1) is 12.3 Å². The van der Waals surface area contributed by atoms with Crippen molar-refractivity contribution in [1.82, 2.24) is 20.2 Å². The number of carbonyl (C=O) groups is 1. The summed E-state index contributed by atoms with van der Waals surface area (Å²) in [5, 5.41) is 20.6. The van der Waals surface area contributed by atoms with E-state index in [9.17, 15) is 4.79 Å². The predicted molar refractivity (Wildman–Crippen MR) is 64.3 cm³/mol. The molecule has 2 heterocycles. The van der Waals surface area contributed by atoms with Crippen LogP contribution in [0.5, 0.6) is 0 Å². The van der Waals surface area contributed by atoms with Crippen molar-refractivity contribution in [1.29, 1.82) is 0 Å². The van der Waals surface area contributed by atoms with Crippen LogP contribution in [0.4, 0.5) is 0 Å². The van der Waals surface area contributed by atoms with E-state index in [-0.39, 0.29) is 11.2 Å². The smallest absolute Gasteiger partial charge is 0.313 e. The molecule has 8 heteroatoms. The Labute approximate surface area is 109 Å². The molecule has 0 bridgehead atoms. The first-order chi connectivity index (χ1) is 8.59. The van der Waals surface area contributed by atoms with Gasteiger partial charge in [0.1, 0.15) is 0 Å². The highest BCUT2D eigenvalue weighted by atomic mass is 32.2. The number of nitrogens with zero attached hydrogens (tertiary/aromatic N) is 4. The minimum absolute atomic E-state index is 0.0276. The van der Waals surface area contributed by atoms with Crippen LogP contribution >= 0.6 is 11.8 Å². The topological polar surface area (TPSA) is 90.1 Å². The monoisotopic (exact) mass is 272 g/mol. The first-order valence-corrected chi connectivity index (χ1v) is 6.76. The second-order valence-electron chi connectivity index (χ2n) is 4.72. The fourth-order valence-electron chi connectivity index (χ4n) is 1.91. The average Bonchev–Trinajstić information content (AvgIpc) is 2.74. The molecule has 2 rings (SSSR count). The molecular formula is C10H16N4O3S. The van der Waals surface area contributed by atoms with Gasteiger partial charge in [-0.3, -0.25) is 4.79 Å². The molecule has 1 aliphatic heterocycles. The van der Waals surface area contributed by atoms with Gasteiger partial charge in [0, 0.05) is 13.2 Å². The van der Waals surface area contributed by atoms with Gasteiger partial charge in [0.15, 0.2) is 0 Å². The van der Waals surface area contributed by atoms with Crippen LogP contribution < -0.4 is 0 Å². The summed E-state index contributed by atoms with van der Waals surface area (Å²) in [6.07, 6.45) is 1.94. The Morgan fingerprint density at radius 1 is 1.56 bits per heavy atom. The van der Waals surface area contributed by atoms with E-state index in [2.05, 4.69) is 22.4 Å². The molecular weight excluding hydrogens is 256 g/mol. The Hall–Kier alpha value is -1.15. The molecule has 1 saturated heterocycles. The zero-order chi connectivity index (χ0) is 13.0. The van der Waals surface area contributed by atoms with E-state index < -0.39 is 5.97 Å². The Morgan fingerprint density at radius 2 is 2.28 bits per heavy atom. The second kappa shape index (κ2) is 5.66. The molecule has 0 saturated carbocycles. The molecule has 100 valence electrons. The molecule has 0 amide bonds. The number of aromatic nitrogens is 4. The molecule has 0 aromatic carbocycles. The lowest BCUT2D eigenvalue weighted by Crippen LogP contribution is -2.31. The van der Waals surface area contributed by atoms with Gasteiger partial charge in [-0.05, 0) is 28.7 Å². The molecule has 0 radical (unpaired) electrons. The molecule has 0 aliphatic carbocycles. The zero-order valence-corrected chi connectivity index (χ0v) is 11.0.